The van der Waals surface area contributed by atoms with Gasteiger partial charge in [0.2, 0.25) is 0 Å². The summed E-state index contributed by atoms with van der Waals surface area (Å²) in [5, 5.41) is 0. The summed E-state index contributed by atoms with van der Waals surface area (Å²) in [4.78, 5) is 23.5. The number of carbonyl (C=O) groups is 2. The van der Waals surface area contributed by atoms with E-state index in [9.17, 15) is 9.59 Å². The lowest BCUT2D eigenvalue weighted by atomic mass is 10.2. The molecule has 0 saturated carbocycles. The molecule has 0 unspecified atom stereocenters. The van der Waals surface area contributed by atoms with Crippen LogP contribution in [0.4, 0.5) is 0 Å². The van der Waals surface area contributed by atoms with E-state index < -0.39 is 11.9 Å². The highest BCUT2D eigenvalue weighted by Gasteiger charge is 2.18. The van der Waals surface area contributed by atoms with Crippen molar-refractivity contribution < 1.29 is 19.1 Å². The molecule has 0 aliphatic rings. The molecule has 4 nitrogen and oxygen atoms in total. The molecule has 2 aromatic carbocycles. The van der Waals surface area contributed by atoms with Gasteiger partial charge >= 0.3 is 11.9 Å². The summed E-state index contributed by atoms with van der Waals surface area (Å²) in [6.07, 6.45) is 0. The van der Waals surface area contributed by atoms with Crippen LogP contribution in [-0.2, 0) is 32.3 Å². The third-order valence-electron chi connectivity index (χ3n) is 2.92. The second-order valence-corrected chi connectivity index (χ2v) is 4.60. The van der Waals surface area contributed by atoms with E-state index in [-0.39, 0.29) is 18.8 Å². The maximum Gasteiger partial charge on any atom is 0.345 e. The molecular weight excluding hydrogens is 280 g/mol. The second-order valence-electron chi connectivity index (χ2n) is 4.60. The van der Waals surface area contributed by atoms with E-state index in [0.29, 0.717) is 0 Å². The van der Waals surface area contributed by atoms with Crippen LogP contribution in [0.25, 0.3) is 0 Å². The maximum absolute atomic E-state index is 11.7. The summed E-state index contributed by atoms with van der Waals surface area (Å²) in [5.74, 6) is -1.55. The van der Waals surface area contributed by atoms with Gasteiger partial charge in [-0.25, -0.2) is 9.59 Å². The second kappa shape index (κ2) is 7.78. The Labute approximate surface area is 129 Å². The SMILES string of the molecule is C=C(C(=O)OCc1ccccc1)C(=O)OCc1ccccc1. The molecule has 0 atom stereocenters. The fraction of sp³-hybridized carbons (Fsp3) is 0.111. The van der Waals surface area contributed by atoms with Crippen molar-refractivity contribution in [1.29, 1.82) is 0 Å². The van der Waals surface area contributed by atoms with Crippen molar-refractivity contribution in [3.05, 3.63) is 83.9 Å². The molecule has 0 saturated heterocycles. The number of benzene rings is 2. The maximum atomic E-state index is 11.7. The fourth-order valence-corrected chi connectivity index (χ4v) is 1.70. The van der Waals surface area contributed by atoms with Gasteiger partial charge in [0, 0.05) is 0 Å². The van der Waals surface area contributed by atoms with E-state index in [4.69, 9.17) is 9.47 Å². The highest BCUT2D eigenvalue weighted by atomic mass is 16.6. The predicted molar refractivity (Wildman–Crippen MR) is 81.6 cm³/mol. The lowest BCUT2D eigenvalue weighted by Crippen LogP contribution is -2.17. The smallest absolute Gasteiger partial charge is 0.345 e. The summed E-state index contributed by atoms with van der Waals surface area (Å²) in [6.45, 7) is 3.61. The normalized spacial score (nSPS) is 9.82. The minimum Gasteiger partial charge on any atom is -0.457 e. The molecule has 0 heterocycles. The standard InChI is InChI=1S/C18H16O4/c1-14(17(19)21-12-15-8-4-2-5-9-15)18(20)22-13-16-10-6-3-7-11-16/h2-11H,1,12-13H2. The van der Waals surface area contributed by atoms with Crippen LogP contribution in [0.1, 0.15) is 11.1 Å². The Hall–Kier alpha value is -2.88. The van der Waals surface area contributed by atoms with Gasteiger partial charge in [-0.1, -0.05) is 67.2 Å². The third-order valence-corrected chi connectivity index (χ3v) is 2.92. The highest BCUT2D eigenvalue weighted by molar-refractivity contribution is 6.13. The Balaban J connectivity index is 1.80. The Morgan fingerprint density at radius 2 is 1.09 bits per heavy atom. The summed E-state index contributed by atoms with van der Waals surface area (Å²) in [5.41, 5.74) is 1.36. The lowest BCUT2D eigenvalue weighted by molar-refractivity contribution is -0.148. The van der Waals surface area contributed by atoms with E-state index in [0.717, 1.165) is 11.1 Å². The van der Waals surface area contributed by atoms with Gasteiger partial charge in [-0.3, -0.25) is 0 Å². The monoisotopic (exact) mass is 296 g/mol. The van der Waals surface area contributed by atoms with Crippen LogP contribution in [0.2, 0.25) is 0 Å². The van der Waals surface area contributed by atoms with Gasteiger partial charge in [0.25, 0.3) is 0 Å². The summed E-state index contributed by atoms with van der Waals surface area (Å²) in [6, 6.07) is 18.4. The first-order valence-electron chi connectivity index (χ1n) is 6.78. The zero-order valence-electron chi connectivity index (χ0n) is 12.0. The molecule has 2 aromatic rings. The molecule has 0 aromatic heterocycles. The van der Waals surface area contributed by atoms with Crippen molar-refractivity contribution in [1.82, 2.24) is 0 Å². The van der Waals surface area contributed by atoms with E-state index in [1.807, 2.05) is 60.7 Å². The van der Waals surface area contributed by atoms with Crippen molar-refractivity contribution in [2.24, 2.45) is 0 Å². The molecule has 112 valence electrons. The average molecular weight is 296 g/mol. The number of hydrogen-bond donors (Lipinski definition) is 0. The molecule has 0 aliphatic carbocycles. The van der Waals surface area contributed by atoms with Gasteiger partial charge < -0.3 is 9.47 Å². The summed E-state index contributed by atoms with van der Waals surface area (Å²) in [7, 11) is 0. The van der Waals surface area contributed by atoms with Crippen molar-refractivity contribution in [3.8, 4) is 0 Å². The van der Waals surface area contributed by atoms with Crippen LogP contribution >= 0.6 is 0 Å². The minimum absolute atomic E-state index is 0.0880. The lowest BCUT2D eigenvalue weighted by Gasteiger charge is -2.08. The molecule has 0 spiro atoms. The quantitative estimate of drug-likeness (QED) is 0.356. The molecule has 0 fully saturated rings. The first-order chi connectivity index (χ1) is 10.7. The van der Waals surface area contributed by atoms with E-state index >= 15 is 0 Å². The summed E-state index contributed by atoms with van der Waals surface area (Å²) < 4.78 is 10.0. The molecule has 0 bridgehead atoms. The molecule has 0 amide bonds. The molecule has 2 rings (SSSR count). The molecule has 0 radical (unpaired) electrons. The molecule has 22 heavy (non-hydrogen) atoms. The van der Waals surface area contributed by atoms with Crippen LogP contribution in [0.15, 0.2) is 72.8 Å². The Morgan fingerprint density at radius 1 is 0.727 bits per heavy atom. The van der Waals surface area contributed by atoms with Crippen molar-refractivity contribution >= 4 is 11.9 Å². The molecule has 0 aliphatic heterocycles. The van der Waals surface area contributed by atoms with Crippen molar-refractivity contribution in [3.63, 3.8) is 0 Å². The summed E-state index contributed by atoms with van der Waals surface area (Å²) >= 11 is 0. The van der Waals surface area contributed by atoms with E-state index in [1.54, 1.807) is 0 Å². The third kappa shape index (κ3) is 4.59. The number of ether oxygens (including phenoxy) is 2. The predicted octanol–water partition coefficient (Wildman–Crippen LogP) is 3.03. The minimum atomic E-state index is -0.776. The fourth-order valence-electron chi connectivity index (χ4n) is 1.70. The number of rotatable bonds is 6. The average Bonchev–Trinajstić information content (AvgIpc) is 2.58. The van der Waals surface area contributed by atoms with Gasteiger partial charge in [-0.2, -0.15) is 0 Å². The highest BCUT2D eigenvalue weighted by Crippen LogP contribution is 2.07. The van der Waals surface area contributed by atoms with Crippen molar-refractivity contribution in [2.75, 3.05) is 0 Å². The van der Waals surface area contributed by atoms with Gasteiger partial charge in [-0.15, -0.1) is 0 Å². The largest absolute Gasteiger partial charge is 0.457 e. The Bertz CT molecular complexity index is 590. The molecular formula is C18H16O4. The molecule has 4 heteroatoms. The first-order valence-corrected chi connectivity index (χ1v) is 6.78. The zero-order valence-corrected chi connectivity index (χ0v) is 12.0. The van der Waals surface area contributed by atoms with Crippen LogP contribution in [0.5, 0.6) is 0 Å². The number of carbonyl (C=O) groups excluding carboxylic acids is 2. The Morgan fingerprint density at radius 3 is 1.45 bits per heavy atom. The van der Waals surface area contributed by atoms with Crippen LogP contribution in [0, 0.1) is 0 Å². The van der Waals surface area contributed by atoms with Gasteiger partial charge in [0.15, 0.2) is 0 Å². The number of hydrogen-bond acceptors (Lipinski definition) is 4. The van der Waals surface area contributed by atoms with Crippen LogP contribution < -0.4 is 0 Å². The van der Waals surface area contributed by atoms with Crippen molar-refractivity contribution in [2.45, 2.75) is 13.2 Å². The van der Waals surface area contributed by atoms with Gasteiger partial charge in [0.05, 0.1) is 0 Å². The Kier molecular flexibility index (Phi) is 5.49. The van der Waals surface area contributed by atoms with Gasteiger partial charge in [-0.05, 0) is 11.1 Å². The van der Waals surface area contributed by atoms with E-state index in [1.165, 1.54) is 0 Å². The molecule has 0 N–H and O–H groups in total. The van der Waals surface area contributed by atoms with Crippen LogP contribution in [0.3, 0.4) is 0 Å². The van der Waals surface area contributed by atoms with E-state index in [2.05, 4.69) is 6.58 Å². The topological polar surface area (TPSA) is 52.6 Å². The van der Waals surface area contributed by atoms with Gasteiger partial charge in [0.1, 0.15) is 18.8 Å². The zero-order chi connectivity index (χ0) is 15.8. The first kappa shape index (κ1) is 15.5. The number of esters is 2. The van der Waals surface area contributed by atoms with Crippen LogP contribution in [-0.4, -0.2) is 11.9 Å².